The van der Waals surface area contributed by atoms with Gasteiger partial charge in [-0.15, -0.1) is 0 Å². The number of hydrogen-bond donors (Lipinski definition) is 0. The van der Waals surface area contributed by atoms with E-state index in [0.29, 0.717) is 27.7 Å². The molecule has 0 aliphatic rings. The van der Waals surface area contributed by atoms with Crippen molar-refractivity contribution in [3.63, 3.8) is 0 Å². The maximum atomic E-state index is 13.3. The molecule has 0 saturated carbocycles. The average Bonchev–Trinajstić information content (AvgIpc) is 2.82. The smallest absolute Gasteiger partial charge is 0.340 e. The van der Waals surface area contributed by atoms with Gasteiger partial charge in [-0.05, 0) is 24.3 Å². The minimum absolute atomic E-state index is 0.314. The lowest BCUT2D eigenvalue weighted by Crippen LogP contribution is -2.31. The van der Waals surface area contributed by atoms with Gasteiger partial charge in [-0.1, -0.05) is 48.5 Å². The zero-order chi connectivity index (χ0) is 21.8. The molecule has 0 spiro atoms. The molecule has 1 atom stereocenters. The molecule has 4 rings (SSSR count). The summed E-state index contributed by atoms with van der Waals surface area (Å²) in [4.78, 5) is 36.3. The maximum Gasteiger partial charge on any atom is 0.340 e. The summed E-state index contributed by atoms with van der Waals surface area (Å²) in [7, 11) is 3.27. The molecule has 2 aromatic heterocycles. The van der Waals surface area contributed by atoms with Gasteiger partial charge in [0.2, 0.25) is 6.10 Å². The number of fused-ring (bicyclic) bond motifs is 1. The van der Waals surface area contributed by atoms with Gasteiger partial charge in [-0.3, -0.25) is 9.78 Å². The Labute approximate surface area is 180 Å². The van der Waals surface area contributed by atoms with E-state index in [1.807, 2.05) is 42.5 Å². The lowest BCUT2D eigenvalue weighted by atomic mass is 10.0. The van der Waals surface area contributed by atoms with E-state index in [-0.39, 0.29) is 5.91 Å². The van der Waals surface area contributed by atoms with Gasteiger partial charge in [0.05, 0.1) is 16.8 Å². The molecule has 31 heavy (non-hydrogen) atoms. The number of benzene rings is 2. The highest BCUT2D eigenvalue weighted by Crippen LogP contribution is 2.27. The van der Waals surface area contributed by atoms with Gasteiger partial charge in [0, 0.05) is 43.0 Å². The van der Waals surface area contributed by atoms with E-state index in [1.165, 1.54) is 4.90 Å². The van der Waals surface area contributed by atoms with Crippen molar-refractivity contribution in [1.82, 2.24) is 14.9 Å². The highest BCUT2D eigenvalue weighted by Gasteiger charge is 2.28. The van der Waals surface area contributed by atoms with Gasteiger partial charge in [0.1, 0.15) is 0 Å². The average molecular weight is 411 g/mol. The molecule has 0 bridgehead atoms. The first-order valence-electron chi connectivity index (χ1n) is 9.82. The number of carbonyl (C=O) groups is 2. The first kappa shape index (κ1) is 20.2. The summed E-state index contributed by atoms with van der Waals surface area (Å²) in [5, 5.41) is 0.657. The fourth-order valence-corrected chi connectivity index (χ4v) is 3.30. The van der Waals surface area contributed by atoms with E-state index in [4.69, 9.17) is 4.74 Å². The van der Waals surface area contributed by atoms with Crippen LogP contribution in [0.1, 0.15) is 22.0 Å². The van der Waals surface area contributed by atoms with Gasteiger partial charge in [-0.25, -0.2) is 9.78 Å². The van der Waals surface area contributed by atoms with Gasteiger partial charge in [0.25, 0.3) is 5.91 Å². The zero-order valence-electron chi connectivity index (χ0n) is 17.2. The highest BCUT2D eigenvalue weighted by atomic mass is 16.5. The van der Waals surface area contributed by atoms with Gasteiger partial charge < -0.3 is 9.64 Å². The third-order valence-corrected chi connectivity index (χ3v) is 4.89. The largest absolute Gasteiger partial charge is 0.444 e. The predicted molar refractivity (Wildman–Crippen MR) is 118 cm³/mol. The van der Waals surface area contributed by atoms with E-state index < -0.39 is 12.1 Å². The molecule has 2 heterocycles. The summed E-state index contributed by atoms with van der Waals surface area (Å²) in [5.74, 6) is -0.904. The topological polar surface area (TPSA) is 72.4 Å². The third kappa shape index (κ3) is 4.28. The molecule has 2 aromatic carbocycles. The van der Waals surface area contributed by atoms with Crippen LogP contribution >= 0.6 is 0 Å². The molecule has 0 fully saturated rings. The maximum absolute atomic E-state index is 13.3. The van der Waals surface area contributed by atoms with Crippen molar-refractivity contribution in [1.29, 1.82) is 0 Å². The van der Waals surface area contributed by atoms with Crippen molar-refractivity contribution in [2.24, 2.45) is 0 Å². The molecule has 0 aliphatic carbocycles. The summed E-state index contributed by atoms with van der Waals surface area (Å²) in [6.45, 7) is 0. The number of hydrogen-bond acceptors (Lipinski definition) is 5. The minimum Gasteiger partial charge on any atom is -0.444 e. The van der Waals surface area contributed by atoms with Crippen molar-refractivity contribution in [2.45, 2.75) is 6.10 Å². The second-order valence-corrected chi connectivity index (χ2v) is 7.24. The van der Waals surface area contributed by atoms with Gasteiger partial charge in [0.15, 0.2) is 0 Å². The molecular formula is C25H21N3O3. The number of aromatic nitrogens is 2. The lowest BCUT2D eigenvalue weighted by molar-refractivity contribution is -0.138. The number of nitrogens with zero attached hydrogens (tertiary/aromatic N) is 3. The number of carbonyl (C=O) groups excluding carboxylic acids is 2. The first-order valence-corrected chi connectivity index (χ1v) is 9.82. The number of pyridine rings is 2. The summed E-state index contributed by atoms with van der Waals surface area (Å²) in [6, 6.07) is 21.7. The van der Waals surface area contributed by atoms with E-state index in [1.54, 1.807) is 56.8 Å². The second kappa shape index (κ2) is 8.75. The van der Waals surface area contributed by atoms with Crippen molar-refractivity contribution in [3.8, 4) is 11.3 Å². The minimum atomic E-state index is -1.04. The Balaban J connectivity index is 1.78. The van der Waals surface area contributed by atoms with Crippen LogP contribution in [0.4, 0.5) is 0 Å². The third-order valence-electron chi connectivity index (χ3n) is 4.89. The molecular weight excluding hydrogens is 390 g/mol. The number of rotatable bonds is 5. The van der Waals surface area contributed by atoms with Crippen LogP contribution in [0, 0.1) is 0 Å². The Hall–Kier alpha value is -4.06. The van der Waals surface area contributed by atoms with Crippen LogP contribution < -0.4 is 0 Å². The molecule has 0 N–H and O–H groups in total. The molecule has 6 nitrogen and oxygen atoms in total. The lowest BCUT2D eigenvalue weighted by Gasteiger charge is -2.21. The fourth-order valence-electron chi connectivity index (χ4n) is 3.30. The van der Waals surface area contributed by atoms with E-state index in [9.17, 15) is 9.59 Å². The number of amides is 1. The molecule has 0 radical (unpaired) electrons. The number of para-hydroxylation sites is 1. The van der Waals surface area contributed by atoms with Crippen LogP contribution in [0.5, 0.6) is 0 Å². The molecule has 1 amide bonds. The Morgan fingerprint density at radius 1 is 0.935 bits per heavy atom. The van der Waals surface area contributed by atoms with Crippen molar-refractivity contribution in [3.05, 3.63) is 96.3 Å². The van der Waals surface area contributed by atoms with E-state index in [0.717, 1.165) is 5.56 Å². The molecule has 0 aliphatic heterocycles. The van der Waals surface area contributed by atoms with Crippen molar-refractivity contribution < 1.29 is 14.3 Å². The molecule has 154 valence electrons. The van der Waals surface area contributed by atoms with Crippen molar-refractivity contribution in [2.75, 3.05) is 14.1 Å². The van der Waals surface area contributed by atoms with Crippen LogP contribution in [0.3, 0.4) is 0 Å². The summed E-state index contributed by atoms with van der Waals surface area (Å²) < 4.78 is 5.77. The number of ether oxygens (including phenoxy) is 1. The molecule has 0 unspecified atom stereocenters. The van der Waals surface area contributed by atoms with E-state index in [2.05, 4.69) is 9.97 Å². The monoisotopic (exact) mass is 411 g/mol. The van der Waals surface area contributed by atoms with Gasteiger partial charge >= 0.3 is 5.97 Å². The Morgan fingerprint density at radius 2 is 1.68 bits per heavy atom. The second-order valence-electron chi connectivity index (χ2n) is 7.24. The highest BCUT2D eigenvalue weighted by molar-refractivity contribution is 6.05. The van der Waals surface area contributed by atoms with E-state index >= 15 is 0 Å². The Bertz CT molecular complexity index is 1220. The zero-order valence-corrected chi connectivity index (χ0v) is 17.2. The predicted octanol–water partition coefficient (Wildman–Crippen LogP) is 4.28. The number of likely N-dealkylation sites (N-methyl/N-ethyl adjacent to an activating group) is 1. The SMILES string of the molecule is CN(C)C(=O)[C@@H](OC(=O)c1cc(-c2cccnc2)nc2ccccc12)c1ccccc1. The molecule has 6 heteroatoms. The van der Waals surface area contributed by atoms with Crippen LogP contribution in [0.25, 0.3) is 22.2 Å². The van der Waals surface area contributed by atoms with Crippen molar-refractivity contribution >= 4 is 22.8 Å². The van der Waals surface area contributed by atoms with Crippen LogP contribution in [-0.4, -0.2) is 40.8 Å². The first-order chi connectivity index (χ1) is 15.0. The standard InChI is InChI=1S/C25H21N3O3/c1-28(2)24(29)23(17-9-4-3-5-10-17)31-25(30)20-15-22(18-11-8-14-26-16-18)27-21-13-7-6-12-19(20)21/h3-16,23H,1-2H3/t23-/m0/s1. The normalized spacial score (nSPS) is 11.7. The van der Waals surface area contributed by atoms with Crippen LogP contribution in [-0.2, 0) is 9.53 Å². The summed E-state index contributed by atoms with van der Waals surface area (Å²) in [6.07, 6.45) is 2.32. The fraction of sp³-hybridized carbons (Fsp3) is 0.120. The summed E-state index contributed by atoms with van der Waals surface area (Å²) in [5.41, 5.74) is 3.00. The Kier molecular flexibility index (Phi) is 5.71. The molecule has 0 saturated heterocycles. The van der Waals surface area contributed by atoms with Crippen LogP contribution in [0.2, 0.25) is 0 Å². The summed E-state index contributed by atoms with van der Waals surface area (Å²) >= 11 is 0. The quantitative estimate of drug-likeness (QED) is 0.458. The van der Waals surface area contributed by atoms with Gasteiger partial charge in [-0.2, -0.15) is 0 Å². The van der Waals surface area contributed by atoms with Crippen LogP contribution in [0.15, 0.2) is 85.2 Å². The Morgan fingerprint density at radius 3 is 2.39 bits per heavy atom. The number of esters is 1. The molecule has 4 aromatic rings.